The third-order valence-corrected chi connectivity index (χ3v) is 6.13. The van der Waals surface area contributed by atoms with Crippen molar-refractivity contribution < 1.29 is 37.7 Å². The standard InChI is InChI=1S/C28H28FNO7/c1-4-5-12-37-22-11-8-17(15-23(22)35-3)25-24(26(31)18-9-10-21(34-2)20(29)14-18)27(32)28(33)30(25)16-19-7-6-13-36-19/h6-11,13-15,25,31H,4-5,12,16H2,1-3H3/b26-24+. The molecule has 0 saturated carbocycles. The minimum Gasteiger partial charge on any atom is -0.507 e. The highest BCUT2D eigenvalue weighted by molar-refractivity contribution is 6.46. The highest BCUT2D eigenvalue weighted by atomic mass is 19.1. The van der Waals surface area contributed by atoms with Gasteiger partial charge in [-0.25, -0.2) is 4.39 Å². The SMILES string of the molecule is CCCCOc1ccc(C2/C(=C(\O)c3ccc(OC)c(F)c3)C(=O)C(=O)N2Cc2ccco2)cc1OC. The second-order valence-electron chi connectivity index (χ2n) is 8.47. The Bertz CT molecular complexity index is 1320. The van der Waals surface area contributed by atoms with Crippen molar-refractivity contribution in [2.45, 2.75) is 32.4 Å². The minimum atomic E-state index is -0.992. The van der Waals surface area contributed by atoms with Crippen molar-refractivity contribution in [3.63, 3.8) is 0 Å². The van der Waals surface area contributed by atoms with Crippen LogP contribution in [0, 0.1) is 5.82 Å². The summed E-state index contributed by atoms with van der Waals surface area (Å²) in [6.45, 7) is 2.54. The van der Waals surface area contributed by atoms with Crippen LogP contribution in [0.15, 0.2) is 64.8 Å². The van der Waals surface area contributed by atoms with Gasteiger partial charge in [-0.05, 0) is 54.4 Å². The van der Waals surface area contributed by atoms with Gasteiger partial charge in [-0.2, -0.15) is 0 Å². The van der Waals surface area contributed by atoms with E-state index in [1.807, 2.05) is 0 Å². The molecular weight excluding hydrogens is 481 g/mol. The summed E-state index contributed by atoms with van der Waals surface area (Å²) in [6, 6.07) is 11.2. The van der Waals surface area contributed by atoms with Gasteiger partial charge in [0, 0.05) is 5.56 Å². The number of benzene rings is 2. The number of aliphatic hydroxyl groups excluding tert-OH is 1. The average Bonchev–Trinajstić information content (AvgIpc) is 3.51. The molecule has 1 aromatic heterocycles. The molecule has 1 N–H and O–H groups in total. The summed E-state index contributed by atoms with van der Waals surface area (Å²) >= 11 is 0. The van der Waals surface area contributed by atoms with Crippen molar-refractivity contribution in [1.82, 2.24) is 4.90 Å². The van der Waals surface area contributed by atoms with Crippen LogP contribution in [0.3, 0.4) is 0 Å². The van der Waals surface area contributed by atoms with Gasteiger partial charge in [0.15, 0.2) is 23.1 Å². The van der Waals surface area contributed by atoms with Crippen LogP contribution < -0.4 is 14.2 Å². The Labute approximate surface area is 213 Å². The zero-order valence-electron chi connectivity index (χ0n) is 20.8. The number of carbonyl (C=O) groups excluding carboxylic acids is 2. The van der Waals surface area contributed by atoms with Gasteiger partial charge < -0.3 is 28.6 Å². The summed E-state index contributed by atoms with van der Waals surface area (Å²) in [4.78, 5) is 27.7. The predicted molar refractivity (Wildman–Crippen MR) is 133 cm³/mol. The lowest BCUT2D eigenvalue weighted by molar-refractivity contribution is -0.140. The van der Waals surface area contributed by atoms with Gasteiger partial charge >= 0.3 is 0 Å². The molecule has 1 amide bonds. The highest BCUT2D eigenvalue weighted by Gasteiger charge is 2.46. The molecule has 194 valence electrons. The molecule has 1 saturated heterocycles. The van der Waals surface area contributed by atoms with Gasteiger partial charge in [-0.15, -0.1) is 0 Å². The van der Waals surface area contributed by atoms with Crippen molar-refractivity contribution in [1.29, 1.82) is 0 Å². The molecule has 1 aliphatic rings. The van der Waals surface area contributed by atoms with Crippen LogP contribution in [0.5, 0.6) is 17.2 Å². The normalized spacial score (nSPS) is 16.8. The fourth-order valence-corrected chi connectivity index (χ4v) is 4.23. The van der Waals surface area contributed by atoms with Crippen molar-refractivity contribution in [3.8, 4) is 17.2 Å². The molecule has 2 heterocycles. The third kappa shape index (κ3) is 5.16. The van der Waals surface area contributed by atoms with Gasteiger partial charge in [0.05, 0.1) is 45.2 Å². The molecule has 8 nitrogen and oxygen atoms in total. The van der Waals surface area contributed by atoms with Crippen molar-refractivity contribution in [2.24, 2.45) is 0 Å². The maximum atomic E-state index is 14.4. The average molecular weight is 510 g/mol. The number of ether oxygens (including phenoxy) is 3. The summed E-state index contributed by atoms with van der Waals surface area (Å²) in [5.41, 5.74) is 0.356. The predicted octanol–water partition coefficient (Wildman–Crippen LogP) is 5.24. The van der Waals surface area contributed by atoms with Gasteiger partial charge in [-0.3, -0.25) is 9.59 Å². The van der Waals surface area contributed by atoms with Crippen LogP contribution >= 0.6 is 0 Å². The lowest BCUT2D eigenvalue weighted by Gasteiger charge is -2.25. The summed E-state index contributed by atoms with van der Waals surface area (Å²) in [5, 5.41) is 11.2. The van der Waals surface area contributed by atoms with E-state index < -0.39 is 29.3 Å². The first-order chi connectivity index (χ1) is 17.9. The van der Waals surface area contributed by atoms with Gasteiger partial charge in [0.2, 0.25) is 0 Å². The number of nitrogens with zero attached hydrogens (tertiary/aromatic N) is 1. The summed E-state index contributed by atoms with van der Waals surface area (Å²) in [6.07, 6.45) is 3.30. The second kappa shape index (κ2) is 11.2. The first-order valence-corrected chi connectivity index (χ1v) is 11.8. The molecular formula is C28H28FNO7. The molecule has 1 atom stereocenters. The van der Waals surface area contributed by atoms with Crippen LogP contribution in [-0.4, -0.2) is 42.5 Å². The van der Waals surface area contributed by atoms with Crippen molar-refractivity contribution in [3.05, 3.63) is 83.1 Å². The lowest BCUT2D eigenvalue weighted by atomic mass is 9.95. The number of Topliss-reactive ketones (excluding diaryl/α,β-unsaturated/α-hetero) is 1. The molecule has 0 bridgehead atoms. The van der Waals surface area contributed by atoms with E-state index in [1.54, 1.807) is 30.3 Å². The van der Waals surface area contributed by atoms with E-state index in [0.717, 1.165) is 18.9 Å². The van der Waals surface area contributed by atoms with Crippen LogP contribution in [0.1, 0.15) is 42.7 Å². The molecule has 3 aromatic rings. The Kier molecular flexibility index (Phi) is 7.81. The van der Waals surface area contributed by atoms with E-state index in [0.29, 0.717) is 29.4 Å². The van der Waals surface area contributed by atoms with E-state index in [2.05, 4.69) is 6.92 Å². The number of ketones is 1. The number of methoxy groups -OCH3 is 2. The zero-order chi connectivity index (χ0) is 26.5. The van der Waals surface area contributed by atoms with Gasteiger partial charge in [-0.1, -0.05) is 19.4 Å². The number of hydrogen-bond donors (Lipinski definition) is 1. The van der Waals surface area contributed by atoms with Crippen LogP contribution in [0.2, 0.25) is 0 Å². The molecule has 0 aliphatic carbocycles. The summed E-state index contributed by atoms with van der Waals surface area (Å²) < 4.78 is 36.1. The molecule has 4 rings (SSSR count). The largest absolute Gasteiger partial charge is 0.507 e. The van der Waals surface area contributed by atoms with Crippen LogP contribution in [0.25, 0.3) is 5.76 Å². The minimum absolute atomic E-state index is 0.0187. The van der Waals surface area contributed by atoms with E-state index in [4.69, 9.17) is 18.6 Å². The summed E-state index contributed by atoms with van der Waals surface area (Å²) in [7, 11) is 2.81. The van der Waals surface area contributed by atoms with Gasteiger partial charge in [0.25, 0.3) is 11.7 Å². The van der Waals surface area contributed by atoms with E-state index in [-0.39, 0.29) is 23.4 Å². The van der Waals surface area contributed by atoms with Crippen LogP contribution in [-0.2, 0) is 16.1 Å². The smallest absolute Gasteiger partial charge is 0.296 e. The number of amides is 1. The highest BCUT2D eigenvalue weighted by Crippen LogP contribution is 2.43. The van der Waals surface area contributed by atoms with Gasteiger partial charge in [0.1, 0.15) is 11.5 Å². The molecule has 1 aliphatic heterocycles. The van der Waals surface area contributed by atoms with E-state index in [1.165, 1.54) is 37.5 Å². The lowest BCUT2D eigenvalue weighted by Crippen LogP contribution is -2.29. The number of aliphatic hydroxyl groups is 1. The fourth-order valence-electron chi connectivity index (χ4n) is 4.23. The number of carbonyl (C=O) groups is 2. The quantitative estimate of drug-likeness (QED) is 0.173. The maximum absolute atomic E-state index is 14.4. The molecule has 0 radical (unpaired) electrons. The Hall–Kier alpha value is -4.27. The third-order valence-electron chi connectivity index (χ3n) is 6.13. The number of unbranched alkanes of at least 4 members (excludes halogenated alkanes) is 1. The van der Waals surface area contributed by atoms with E-state index in [9.17, 15) is 19.1 Å². The Morgan fingerprint density at radius 3 is 2.46 bits per heavy atom. The molecule has 1 fully saturated rings. The maximum Gasteiger partial charge on any atom is 0.296 e. The topological polar surface area (TPSA) is 98.4 Å². The Morgan fingerprint density at radius 1 is 1.05 bits per heavy atom. The number of halogens is 1. The van der Waals surface area contributed by atoms with Crippen LogP contribution in [0.4, 0.5) is 4.39 Å². The number of furan rings is 1. The first-order valence-electron chi connectivity index (χ1n) is 11.8. The summed E-state index contributed by atoms with van der Waals surface area (Å²) in [5.74, 6) is -1.58. The Morgan fingerprint density at radius 2 is 1.81 bits per heavy atom. The number of hydrogen-bond acceptors (Lipinski definition) is 7. The molecule has 2 aromatic carbocycles. The van der Waals surface area contributed by atoms with Crippen molar-refractivity contribution in [2.75, 3.05) is 20.8 Å². The molecule has 37 heavy (non-hydrogen) atoms. The zero-order valence-corrected chi connectivity index (χ0v) is 20.8. The number of rotatable bonds is 10. The molecule has 0 spiro atoms. The second-order valence-corrected chi connectivity index (χ2v) is 8.47. The Balaban J connectivity index is 1.83. The van der Waals surface area contributed by atoms with E-state index >= 15 is 0 Å². The fraction of sp³-hybridized carbons (Fsp3) is 0.286. The number of likely N-dealkylation sites (tertiary alicyclic amines) is 1. The molecule has 1 unspecified atom stereocenters. The monoisotopic (exact) mass is 509 g/mol. The molecule has 9 heteroatoms. The van der Waals surface area contributed by atoms with Crippen molar-refractivity contribution >= 4 is 17.4 Å². The first kappa shape index (κ1) is 25.8.